The quantitative estimate of drug-likeness (QED) is 0.531. The van der Waals surface area contributed by atoms with E-state index in [1.165, 1.54) is 11.3 Å². The third kappa shape index (κ3) is 3.06. The normalized spacial score (nSPS) is 12.2. The first-order chi connectivity index (χ1) is 13.1. The highest BCUT2D eigenvalue weighted by atomic mass is 32.1. The molecule has 0 saturated heterocycles. The minimum absolute atomic E-state index is 0.0478. The Balaban J connectivity index is 1.82. The number of fused-ring (bicyclic) bond motifs is 3. The smallest absolute Gasteiger partial charge is 0.274 e. The fourth-order valence-electron chi connectivity index (χ4n) is 3.08. The Morgan fingerprint density at radius 2 is 2.07 bits per heavy atom. The molecule has 5 nitrogen and oxygen atoms in total. The van der Waals surface area contributed by atoms with Gasteiger partial charge in [-0.1, -0.05) is 36.5 Å². The van der Waals surface area contributed by atoms with Crippen LogP contribution in [0.4, 0.5) is 0 Å². The van der Waals surface area contributed by atoms with E-state index >= 15 is 0 Å². The Kier molecular flexibility index (Phi) is 4.58. The second-order valence-corrected chi connectivity index (χ2v) is 7.36. The van der Waals surface area contributed by atoms with Crippen molar-refractivity contribution in [1.29, 1.82) is 0 Å². The van der Waals surface area contributed by atoms with Crippen LogP contribution < -0.4 is 19.6 Å². The van der Waals surface area contributed by atoms with Crippen molar-refractivity contribution in [1.82, 2.24) is 9.38 Å². The summed E-state index contributed by atoms with van der Waals surface area (Å²) < 4.78 is 13.5. The second kappa shape index (κ2) is 7.04. The van der Waals surface area contributed by atoms with Crippen LogP contribution in [0.25, 0.3) is 22.1 Å². The van der Waals surface area contributed by atoms with Crippen LogP contribution in [0.5, 0.6) is 11.5 Å². The maximum Gasteiger partial charge on any atom is 0.274 e. The van der Waals surface area contributed by atoms with E-state index in [1.54, 1.807) is 11.5 Å². The van der Waals surface area contributed by atoms with Crippen LogP contribution in [0.2, 0.25) is 0 Å². The van der Waals surface area contributed by atoms with Gasteiger partial charge in [0.05, 0.1) is 29.3 Å². The first kappa shape index (κ1) is 17.5. The van der Waals surface area contributed by atoms with Gasteiger partial charge in [0.15, 0.2) is 16.5 Å². The molecule has 0 saturated carbocycles. The monoisotopic (exact) mass is 380 g/mol. The number of methoxy groups -OCH3 is 1. The lowest BCUT2D eigenvalue weighted by Crippen LogP contribution is -2.22. The van der Waals surface area contributed by atoms with Gasteiger partial charge in [0, 0.05) is 0 Å². The zero-order chi connectivity index (χ0) is 19.0. The average molecular weight is 380 g/mol. The molecule has 0 spiro atoms. The van der Waals surface area contributed by atoms with Crippen LogP contribution in [0.3, 0.4) is 0 Å². The number of aromatic nitrogens is 2. The van der Waals surface area contributed by atoms with Crippen LogP contribution in [-0.4, -0.2) is 23.1 Å². The summed E-state index contributed by atoms with van der Waals surface area (Å²) in [6.45, 7) is 4.70. The highest BCUT2D eigenvalue weighted by Gasteiger charge is 2.12. The number of benzene rings is 2. The van der Waals surface area contributed by atoms with Crippen LogP contribution >= 0.6 is 11.3 Å². The molecule has 0 radical (unpaired) electrons. The van der Waals surface area contributed by atoms with Crippen molar-refractivity contribution in [2.75, 3.05) is 13.7 Å². The van der Waals surface area contributed by atoms with Crippen molar-refractivity contribution in [2.24, 2.45) is 0 Å². The summed E-state index contributed by atoms with van der Waals surface area (Å²) in [6.07, 6.45) is 2.80. The van der Waals surface area contributed by atoms with E-state index in [0.717, 1.165) is 28.6 Å². The molecule has 0 aliphatic carbocycles. The molecular formula is C21H20N2O3S. The molecule has 0 fully saturated rings. The Labute approximate surface area is 160 Å². The number of ether oxygens (including phenoxy) is 2. The summed E-state index contributed by atoms with van der Waals surface area (Å²) in [5.74, 6) is 1.37. The average Bonchev–Trinajstić information content (AvgIpc) is 3.18. The van der Waals surface area contributed by atoms with Gasteiger partial charge in [-0.15, -0.1) is 0 Å². The van der Waals surface area contributed by atoms with Gasteiger partial charge >= 0.3 is 0 Å². The van der Waals surface area contributed by atoms with Crippen molar-refractivity contribution in [3.05, 3.63) is 62.4 Å². The molecule has 0 atom stereocenters. The summed E-state index contributed by atoms with van der Waals surface area (Å²) in [4.78, 5) is 18.3. The molecule has 0 amide bonds. The van der Waals surface area contributed by atoms with E-state index in [-0.39, 0.29) is 5.56 Å². The molecule has 0 aliphatic rings. The van der Waals surface area contributed by atoms with Gasteiger partial charge < -0.3 is 9.47 Å². The van der Waals surface area contributed by atoms with Gasteiger partial charge in [-0.3, -0.25) is 4.79 Å². The number of para-hydroxylation sites is 1. The van der Waals surface area contributed by atoms with Gasteiger partial charge in [0.25, 0.3) is 5.56 Å². The van der Waals surface area contributed by atoms with E-state index < -0.39 is 0 Å². The maximum absolute atomic E-state index is 12.9. The lowest BCUT2D eigenvalue weighted by molar-refractivity contribution is 0.294. The van der Waals surface area contributed by atoms with Crippen LogP contribution in [-0.2, 0) is 0 Å². The molecule has 4 aromatic rings. The largest absolute Gasteiger partial charge is 0.493 e. The summed E-state index contributed by atoms with van der Waals surface area (Å²) in [5.41, 5.74) is 3.64. The first-order valence-corrected chi connectivity index (χ1v) is 9.67. The predicted octanol–water partition coefficient (Wildman–Crippen LogP) is 3.56. The van der Waals surface area contributed by atoms with Crippen LogP contribution in [0.1, 0.15) is 24.5 Å². The van der Waals surface area contributed by atoms with Crippen molar-refractivity contribution in [3.63, 3.8) is 0 Å². The molecular weight excluding hydrogens is 360 g/mol. The molecule has 6 heteroatoms. The number of nitrogens with zero attached hydrogens (tertiary/aromatic N) is 2. The predicted molar refractivity (Wildman–Crippen MR) is 109 cm³/mol. The molecule has 2 heterocycles. The van der Waals surface area contributed by atoms with Gasteiger partial charge in [-0.05, 0) is 48.7 Å². The summed E-state index contributed by atoms with van der Waals surface area (Å²) >= 11 is 1.40. The number of hydrogen-bond donors (Lipinski definition) is 0. The van der Waals surface area contributed by atoms with Gasteiger partial charge in [-0.2, -0.15) is 0 Å². The Hall–Kier alpha value is -2.86. The standard InChI is InChI=1S/C21H20N2O3S/c1-4-10-26-16-9-8-14(11-17(16)25-3)12-18-20(24)23-15-7-5-6-13(2)19(15)22-21(23)27-18/h5-9,11-12H,4,10H2,1-3H3/b18-12-. The fraction of sp³-hybridized carbons (Fsp3) is 0.238. The minimum atomic E-state index is -0.0478. The van der Waals surface area contributed by atoms with E-state index in [0.29, 0.717) is 27.6 Å². The van der Waals surface area contributed by atoms with Crippen LogP contribution in [0.15, 0.2) is 41.2 Å². The van der Waals surface area contributed by atoms with Crippen LogP contribution in [0, 0.1) is 6.92 Å². The third-order valence-corrected chi connectivity index (χ3v) is 5.39. The Morgan fingerprint density at radius 1 is 1.22 bits per heavy atom. The maximum atomic E-state index is 12.9. The van der Waals surface area contributed by atoms with Crippen molar-refractivity contribution < 1.29 is 9.47 Å². The lowest BCUT2D eigenvalue weighted by Gasteiger charge is -2.10. The second-order valence-electron chi connectivity index (χ2n) is 6.35. The lowest BCUT2D eigenvalue weighted by atomic mass is 10.2. The Morgan fingerprint density at radius 3 is 2.85 bits per heavy atom. The highest BCUT2D eigenvalue weighted by molar-refractivity contribution is 7.15. The number of thiazole rings is 1. The fourth-order valence-corrected chi connectivity index (χ4v) is 4.06. The van der Waals surface area contributed by atoms with Gasteiger partial charge in [-0.25, -0.2) is 9.38 Å². The molecule has 0 bridgehead atoms. The summed E-state index contributed by atoms with van der Waals surface area (Å²) in [5, 5.41) is 0. The molecule has 2 aromatic heterocycles. The number of imidazole rings is 1. The molecule has 2 aromatic carbocycles. The van der Waals surface area contributed by atoms with Gasteiger partial charge in [0.1, 0.15) is 0 Å². The molecule has 0 N–H and O–H groups in total. The van der Waals surface area contributed by atoms with E-state index in [2.05, 4.69) is 11.9 Å². The minimum Gasteiger partial charge on any atom is -0.493 e. The number of rotatable bonds is 5. The highest BCUT2D eigenvalue weighted by Crippen LogP contribution is 2.28. The summed E-state index contributed by atoms with van der Waals surface area (Å²) in [7, 11) is 1.62. The van der Waals surface area contributed by atoms with Crippen molar-refractivity contribution in [2.45, 2.75) is 20.3 Å². The zero-order valence-electron chi connectivity index (χ0n) is 15.5. The molecule has 27 heavy (non-hydrogen) atoms. The zero-order valence-corrected chi connectivity index (χ0v) is 16.3. The molecule has 4 rings (SSSR count). The topological polar surface area (TPSA) is 52.8 Å². The first-order valence-electron chi connectivity index (χ1n) is 8.85. The third-order valence-electron chi connectivity index (χ3n) is 4.42. The summed E-state index contributed by atoms with van der Waals surface area (Å²) in [6, 6.07) is 11.6. The van der Waals surface area contributed by atoms with Gasteiger partial charge in [0.2, 0.25) is 0 Å². The van der Waals surface area contributed by atoms with E-state index in [4.69, 9.17) is 9.47 Å². The van der Waals surface area contributed by atoms with E-state index in [9.17, 15) is 4.79 Å². The molecule has 0 unspecified atom stereocenters. The van der Waals surface area contributed by atoms with E-state index in [1.807, 2.05) is 49.4 Å². The number of aryl methyl sites for hydroxylation is 1. The SMILES string of the molecule is CCCOc1ccc(/C=c2\sc3nc4c(C)cccc4n3c2=O)cc1OC. The Bertz CT molecular complexity index is 1240. The molecule has 138 valence electrons. The van der Waals surface area contributed by atoms with Crippen molar-refractivity contribution >= 4 is 33.4 Å². The van der Waals surface area contributed by atoms with Crippen molar-refractivity contribution in [3.8, 4) is 11.5 Å². The molecule has 0 aliphatic heterocycles. The number of hydrogen-bond acceptors (Lipinski definition) is 5.